The third kappa shape index (κ3) is 3.85. The molecule has 0 atom stereocenters. The highest BCUT2D eigenvalue weighted by Crippen LogP contribution is 2.28. The normalized spacial score (nSPS) is 12.1. The molecule has 2 aromatic rings. The van der Waals surface area contributed by atoms with Crippen molar-refractivity contribution in [2.75, 3.05) is 0 Å². The lowest BCUT2D eigenvalue weighted by Gasteiger charge is -2.11. The molecule has 0 unspecified atom stereocenters. The quantitative estimate of drug-likeness (QED) is 0.932. The molecule has 2 rings (SSSR count). The molecule has 1 heterocycles. The zero-order chi connectivity index (χ0) is 15.6. The number of alkyl halides is 3. The molecule has 1 aromatic carbocycles. The summed E-state index contributed by atoms with van der Waals surface area (Å²) in [4.78, 5) is 0. The fraction of sp³-hybridized carbons (Fsp3) is 0.400. The Morgan fingerprint density at radius 2 is 1.95 bits per heavy atom. The van der Waals surface area contributed by atoms with E-state index in [0.29, 0.717) is 11.7 Å². The molecule has 6 heteroatoms. The highest BCUT2D eigenvalue weighted by atomic mass is 19.4. The van der Waals surface area contributed by atoms with E-state index in [4.69, 9.17) is 0 Å². The first-order chi connectivity index (χ1) is 9.77. The first kappa shape index (κ1) is 15.6. The van der Waals surface area contributed by atoms with Gasteiger partial charge < -0.3 is 5.32 Å². The summed E-state index contributed by atoms with van der Waals surface area (Å²) < 4.78 is 39.0. The Morgan fingerprint density at radius 1 is 1.24 bits per heavy atom. The molecule has 0 amide bonds. The predicted octanol–water partition coefficient (Wildman–Crippen LogP) is 3.70. The standard InChI is InChI=1S/C15H18F3N3/c1-10(2)19-9-12-4-5-13(11(3)8-12)21-7-6-14(20-21)15(16,17)18/h4-8,10,19H,9H2,1-3H3. The number of aryl methyl sites for hydroxylation is 1. The highest BCUT2D eigenvalue weighted by molar-refractivity contribution is 5.42. The molecule has 0 saturated carbocycles. The number of rotatable bonds is 4. The fourth-order valence-corrected chi connectivity index (χ4v) is 2.02. The van der Waals surface area contributed by atoms with Crippen molar-refractivity contribution in [2.24, 2.45) is 0 Å². The van der Waals surface area contributed by atoms with Crippen molar-refractivity contribution in [1.29, 1.82) is 0 Å². The second-order valence-corrected chi connectivity index (χ2v) is 5.30. The van der Waals surface area contributed by atoms with Gasteiger partial charge in [-0.15, -0.1) is 0 Å². The first-order valence-electron chi connectivity index (χ1n) is 6.73. The van der Waals surface area contributed by atoms with Gasteiger partial charge in [0.05, 0.1) is 5.69 Å². The van der Waals surface area contributed by atoms with Crippen LogP contribution in [0.2, 0.25) is 0 Å². The smallest absolute Gasteiger partial charge is 0.310 e. The van der Waals surface area contributed by atoms with Crippen LogP contribution in [0.1, 0.15) is 30.7 Å². The molecule has 1 N–H and O–H groups in total. The number of benzene rings is 1. The van der Waals surface area contributed by atoms with Gasteiger partial charge in [0.15, 0.2) is 5.69 Å². The van der Waals surface area contributed by atoms with Crippen molar-refractivity contribution in [3.05, 3.63) is 47.3 Å². The minimum Gasteiger partial charge on any atom is -0.310 e. The van der Waals surface area contributed by atoms with Crippen molar-refractivity contribution in [3.8, 4) is 5.69 Å². The van der Waals surface area contributed by atoms with Gasteiger partial charge in [-0.2, -0.15) is 18.3 Å². The highest BCUT2D eigenvalue weighted by Gasteiger charge is 2.33. The largest absolute Gasteiger partial charge is 0.435 e. The van der Waals surface area contributed by atoms with Crippen LogP contribution in [0.5, 0.6) is 0 Å². The molecule has 1 aromatic heterocycles. The van der Waals surface area contributed by atoms with Gasteiger partial charge in [0.25, 0.3) is 0 Å². The molecule has 0 aliphatic carbocycles. The van der Waals surface area contributed by atoms with Crippen LogP contribution in [0.15, 0.2) is 30.5 Å². The number of halogens is 3. The molecule has 114 valence electrons. The van der Waals surface area contributed by atoms with Crippen molar-refractivity contribution < 1.29 is 13.2 Å². The predicted molar refractivity (Wildman–Crippen MR) is 75.3 cm³/mol. The minimum atomic E-state index is -4.42. The SMILES string of the molecule is Cc1cc(CNC(C)C)ccc1-n1ccc(C(F)(F)F)n1. The number of nitrogens with one attached hydrogen (secondary N) is 1. The topological polar surface area (TPSA) is 29.9 Å². The summed E-state index contributed by atoms with van der Waals surface area (Å²) in [6.07, 6.45) is -3.09. The van der Waals surface area contributed by atoms with Crippen molar-refractivity contribution in [3.63, 3.8) is 0 Å². The van der Waals surface area contributed by atoms with Gasteiger partial charge >= 0.3 is 6.18 Å². The average molecular weight is 297 g/mol. The van der Waals surface area contributed by atoms with Crippen LogP contribution in [0.25, 0.3) is 5.69 Å². The maximum Gasteiger partial charge on any atom is 0.435 e. The van der Waals surface area contributed by atoms with E-state index >= 15 is 0 Å². The van der Waals surface area contributed by atoms with E-state index in [0.717, 1.165) is 23.7 Å². The maximum absolute atomic E-state index is 12.6. The van der Waals surface area contributed by atoms with Gasteiger partial charge in [-0.25, -0.2) is 4.68 Å². The number of nitrogens with zero attached hydrogens (tertiary/aromatic N) is 2. The fourth-order valence-electron chi connectivity index (χ4n) is 2.02. The van der Waals surface area contributed by atoms with E-state index < -0.39 is 11.9 Å². The molecule has 0 saturated heterocycles. The van der Waals surface area contributed by atoms with Crippen molar-refractivity contribution >= 4 is 0 Å². The van der Waals surface area contributed by atoms with E-state index in [-0.39, 0.29) is 0 Å². The second kappa shape index (κ2) is 5.89. The van der Waals surface area contributed by atoms with Crippen LogP contribution in [0, 0.1) is 6.92 Å². The van der Waals surface area contributed by atoms with Gasteiger partial charge in [-0.3, -0.25) is 0 Å². The van der Waals surface area contributed by atoms with E-state index in [1.165, 1.54) is 10.9 Å². The summed E-state index contributed by atoms with van der Waals surface area (Å²) in [5.41, 5.74) is 1.74. The van der Waals surface area contributed by atoms with E-state index in [1.807, 2.05) is 19.1 Å². The Balaban J connectivity index is 2.23. The van der Waals surface area contributed by atoms with E-state index in [9.17, 15) is 13.2 Å². The molecular weight excluding hydrogens is 279 g/mol. The Bertz CT molecular complexity index is 615. The zero-order valence-electron chi connectivity index (χ0n) is 12.2. The van der Waals surface area contributed by atoms with Crippen LogP contribution < -0.4 is 5.32 Å². The summed E-state index contributed by atoms with van der Waals surface area (Å²) in [6, 6.07) is 7.00. The lowest BCUT2D eigenvalue weighted by molar-refractivity contribution is -0.141. The Labute approximate surface area is 121 Å². The van der Waals surface area contributed by atoms with Gasteiger partial charge in [0.1, 0.15) is 0 Å². The van der Waals surface area contributed by atoms with Crippen LogP contribution in [0.4, 0.5) is 13.2 Å². The number of hydrogen-bond acceptors (Lipinski definition) is 2. The van der Waals surface area contributed by atoms with E-state index in [1.54, 1.807) is 6.07 Å². The summed E-state index contributed by atoms with van der Waals surface area (Å²) in [6.45, 7) is 6.71. The zero-order valence-corrected chi connectivity index (χ0v) is 12.2. The Kier molecular flexibility index (Phi) is 4.37. The third-order valence-electron chi connectivity index (χ3n) is 3.10. The number of hydrogen-bond donors (Lipinski definition) is 1. The van der Waals surface area contributed by atoms with E-state index in [2.05, 4.69) is 24.3 Å². The third-order valence-corrected chi connectivity index (χ3v) is 3.10. The molecule has 0 bridgehead atoms. The lowest BCUT2D eigenvalue weighted by Crippen LogP contribution is -2.21. The second-order valence-electron chi connectivity index (χ2n) is 5.30. The molecular formula is C15H18F3N3. The number of aromatic nitrogens is 2. The van der Waals surface area contributed by atoms with Gasteiger partial charge in [-0.05, 0) is 30.2 Å². The summed E-state index contributed by atoms with van der Waals surface area (Å²) >= 11 is 0. The monoisotopic (exact) mass is 297 g/mol. The molecule has 0 spiro atoms. The van der Waals surface area contributed by atoms with Crippen molar-refractivity contribution in [1.82, 2.24) is 15.1 Å². The average Bonchev–Trinajstić information content (AvgIpc) is 2.85. The molecule has 21 heavy (non-hydrogen) atoms. The first-order valence-corrected chi connectivity index (χ1v) is 6.73. The van der Waals surface area contributed by atoms with Crippen LogP contribution in [-0.4, -0.2) is 15.8 Å². The minimum absolute atomic E-state index is 0.380. The maximum atomic E-state index is 12.6. The Morgan fingerprint density at radius 3 is 2.48 bits per heavy atom. The molecule has 3 nitrogen and oxygen atoms in total. The lowest BCUT2D eigenvalue weighted by atomic mass is 10.1. The van der Waals surface area contributed by atoms with Gasteiger partial charge in [-0.1, -0.05) is 26.0 Å². The summed E-state index contributed by atoms with van der Waals surface area (Å²) in [7, 11) is 0. The van der Waals surface area contributed by atoms with Crippen molar-refractivity contribution in [2.45, 2.75) is 39.5 Å². The Hall–Kier alpha value is -1.82. The van der Waals surface area contributed by atoms with Crippen LogP contribution in [0.3, 0.4) is 0 Å². The summed E-state index contributed by atoms with van der Waals surface area (Å²) in [5, 5.41) is 6.89. The molecule has 0 fully saturated rings. The van der Waals surface area contributed by atoms with Gasteiger partial charge in [0, 0.05) is 18.8 Å². The molecule has 0 aliphatic heterocycles. The van der Waals surface area contributed by atoms with Gasteiger partial charge in [0.2, 0.25) is 0 Å². The van der Waals surface area contributed by atoms with Crippen LogP contribution in [-0.2, 0) is 12.7 Å². The molecule has 0 aliphatic rings. The van der Waals surface area contributed by atoms with Crippen LogP contribution >= 0.6 is 0 Å². The summed E-state index contributed by atoms with van der Waals surface area (Å²) in [5.74, 6) is 0. The molecule has 0 radical (unpaired) electrons.